The smallest absolute Gasteiger partial charge is 0.335 e. The largest absolute Gasteiger partial charge is 0.479 e. The normalized spacial score (nSPS) is 19.5. The lowest BCUT2D eigenvalue weighted by Gasteiger charge is -2.38. The van der Waals surface area contributed by atoms with Gasteiger partial charge in [-0.05, 0) is 38.5 Å². The number of hydrogen-bond donors (Lipinski definition) is 4. The van der Waals surface area contributed by atoms with Gasteiger partial charge in [0.25, 0.3) is 0 Å². The third-order valence-corrected chi connectivity index (χ3v) is 12.1. The molecule has 0 amide bonds. The fourth-order valence-corrected chi connectivity index (χ4v) is 8.05. The van der Waals surface area contributed by atoms with Crippen LogP contribution in [0.3, 0.4) is 0 Å². The van der Waals surface area contributed by atoms with E-state index in [2.05, 4.69) is 26.0 Å². The van der Waals surface area contributed by atoms with Gasteiger partial charge >= 0.3 is 17.9 Å². The number of allylic oxidation sites excluding steroid dienone is 2. The second-order valence-electron chi connectivity index (χ2n) is 18.0. The van der Waals surface area contributed by atoms with Crippen LogP contribution in [0.25, 0.3) is 0 Å². The van der Waals surface area contributed by atoms with Gasteiger partial charge in [0.1, 0.15) is 24.9 Å². The molecule has 11 heteroatoms. The summed E-state index contributed by atoms with van der Waals surface area (Å²) in [5, 5.41) is 39.9. The van der Waals surface area contributed by atoms with E-state index >= 15 is 0 Å². The van der Waals surface area contributed by atoms with Crippen molar-refractivity contribution < 1.29 is 53.8 Å². The van der Waals surface area contributed by atoms with Gasteiger partial charge in [0, 0.05) is 12.8 Å². The monoisotopic (exact) mass is 883 g/mol. The summed E-state index contributed by atoms with van der Waals surface area (Å²) in [5.41, 5.74) is 0. The molecular formula is C51H94O11. The Kier molecular flexibility index (Phi) is 38.9. The van der Waals surface area contributed by atoms with Crippen molar-refractivity contribution in [1.82, 2.24) is 0 Å². The number of aliphatic carboxylic acids is 1. The molecule has 1 aliphatic rings. The zero-order valence-corrected chi connectivity index (χ0v) is 39.6. The van der Waals surface area contributed by atoms with E-state index in [9.17, 15) is 34.8 Å². The lowest BCUT2D eigenvalue weighted by Crippen LogP contribution is -2.60. The first-order valence-corrected chi connectivity index (χ1v) is 25.7. The molecule has 62 heavy (non-hydrogen) atoms. The summed E-state index contributed by atoms with van der Waals surface area (Å²) in [6, 6.07) is 0. The first-order chi connectivity index (χ1) is 30.2. The lowest BCUT2D eigenvalue weighted by atomic mass is 9.99. The SMILES string of the molecule is CCCCCCCCCC/C=C\CCCCCCCCCCCC(=O)OCC(COC1OC(C(=O)O)C(O)C(O)C1O)OC(=O)CCCCCCCCCCCCCCCCC. The van der Waals surface area contributed by atoms with Crippen LogP contribution >= 0.6 is 0 Å². The van der Waals surface area contributed by atoms with Crippen LogP contribution in [0.15, 0.2) is 12.2 Å². The maximum absolute atomic E-state index is 12.8. The number of ether oxygens (including phenoxy) is 4. The molecule has 0 spiro atoms. The molecule has 0 aliphatic carbocycles. The van der Waals surface area contributed by atoms with Gasteiger partial charge in [-0.1, -0.05) is 206 Å². The Morgan fingerprint density at radius 3 is 1.26 bits per heavy atom. The van der Waals surface area contributed by atoms with Gasteiger partial charge in [0.15, 0.2) is 18.5 Å². The standard InChI is InChI=1S/C51H94O11/c1-3-5-7-9-11-13-15-17-19-20-21-22-23-24-26-27-29-31-33-35-37-39-44(52)59-41-43(42-60-51-48(56)46(54)47(55)49(62-51)50(57)58)61-45(53)40-38-36-34-32-30-28-25-18-16-14-12-10-8-6-4-2/h20-21,43,46-49,51,54-56H,3-19,22-42H2,1-2H3,(H,57,58)/b21-20-. The molecule has 6 unspecified atom stereocenters. The summed E-state index contributed by atoms with van der Waals surface area (Å²) in [4.78, 5) is 37.0. The molecule has 0 aromatic heterocycles. The van der Waals surface area contributed by atoms with Gasteiger partial charge in [-0.3, -0.25) is 9.59 Å². The van der Waals surface area contributed by atoms with E-state index in [-0.39, 0.29) is 26.1 Å². The van der Waals surface area contributed by atoms with Crippen molar-refractivity contribution in [2.45, 2.75) is 282 Å². The summed E-state index contributed by atoms with van der Waals surface area (Å²) >= 11 is 0. The lowest BCUT2D eigenvalue weighted by molar-refractivity contribution is -0.298. The van der Waals surface area contributed by atoms with Crippen LogP contribution in [0, 0.1) is 0 Å². The molecule has 6 atom stereocenters. The van der Waals surface area contributed by atoms with E-state index < -0.39 is 54.7 Å². The average Bonchev–Trinajstić information content (AvgIpc) is 3.26. The fraction of sp³-hybridized carbons (Fsp3) is 0.902. The predicted molar refractivity (Wildman–Crippen MR) is 248 cm³/mol. The Balaban J connectivity index is 2.28. The number of rotatable bonds is 44. The summed E-state index contributed by atoms with van der Waals surface area (Å²) < 4.78 is 21.8. The molecule has 0 radical (unpaired) electrons. The molecule has 0 saturated carbocycles. The molecule has 364 valence electrons. The van der Waals surface area contributed by atoms with Crippen LogP contribution in [-0.2, 0) is 33.3 Å². The number of aliphatic hydroxyl groups excluding tert-OH is 3. The van der Waals surface area contributed by atoms with Crippen molar-refractivity contribution in [3.63, 3.8) is 0 Å². The zero-order valence-electron chi connectivity index (χ0n) is 39.6. The van der Waals surface area contributed by atoms with Crippen molar-refractivity contribution in [2.75, 3.05) is 13.2 Å². The van der Waals surface area contributed by atoms with Crippen molar-refractivity contribution >= 4 is 17.9 Å². The van der Waals surface area contributed by atoms with E-state index in [1.54, 1.807) is 0 Å². The van der Waals surface area contributed by atoms with Gasteiger partial charge < -0.3 is 39.4 Å². The highest BCUT2D eigenvalue weighted by molar-refractivity contribution is 5.73. The summed E-state index contributed by atoms with van der Waals surface area (Å²) in [5.74, 6) is -2.43. The number of hydrogen-bond acceptors (Lipinski definition) is 10. The van der Waals surface area contributed by atoms with Gasteiger partial charge in [-0.15, -0.1) is 0 Å². The van der Waals surface area contributed by atoms with Gasteiger partial charge in [0.2, 0.25) is 0 Å². The first-order valence-electron chi connectivity index (χ1n) is 25.7. The highest BCUT2D eigenvalue weighted by atomic mass is 16.7. The molecule has 0 aromatic rings. The van der Waals surface area contributed by atoms with Crippen molar-refractivity contribution in [2.24, 2.45) is 0 Å². The Labute approximate surface area is 377 Å². The van der Waals surface area contributed by atoms with Crippen molar-refractivity contribution in [3.05, 3.63) is 12.2 Å². The van der Waals surface area contributed by atoms with Crippen LogP contribution in [0.5, 0.6) is 0 Å². The van der Waals surface area contributed by atoms with Gasteiger partial charge in [0.05, 0.1) is 6.61 Å². The molecule has 1 heterocycles. The Morgan fingerprint density at radius 1 is 0.484 bits per heavy atom. The number of carbonyl (C=O) groups is 3. The van der Waals surface area contributed by atoms with Gasteiger partial charge in [-0.25, -0.2) is 4.79 Å². The molecule has 1 saturated heterocycles. The molecule has 0 aromatic carbocycles. The Morgan fingerprint density at radius 2 is 0.855 bits per heavy atom. The third-order valence-electron chi connectivity index (χ3n) is 12.1. The summed E-state index contributed by atoms with van der Waals surface area (Å²) in [6.07, 6.45) is 36.9. The molecule has 1 rings (SSSR count). The van der Waals surface area contributed by atoms with Crippen LogP contribution in [0.4, 0.5) is 0 Å². The van der Waals surface area contributed by atoms with E-state index in [1.165, 1.54) is 167 Å². The van der Waals surface area contributed by atoms with Crippen molar-refractivity contribution in [1.29, 1.82) is 0 Å². The second kappa shape index (κ2) is 41.6. The second-order valence-corrected chi connectivity index (χ2v) is 18.0. The number of aliphatic hydroxyl groups is 3. The van der Waals surface area contributed by atoms with E-state index in [4.69, 9.17) is 18.9 Å². The maximum atomic E-state index is 12.8. The average molecular weight is 883 g/mol. The molecule has 4 N–H and O–H groups in total. The first kappa shape index (κ1) is 58.0. The molecule has 1 fully saturated rings. The minimum atomic E-state index is -1.86. The number of carboxylic acids is 1. The quantitative estimate of drug-likeness (QED) is 0.0261. The highest BCUT2D eigenvalue weighted by Crippen LogP contribution is 2.23. The number of esters is 2. The summed E-state index contributed by atoms with van der Waals surface area (Å²) in [7, 11) is 0. The van der Waals surface area contributed by atoms with E-state index in [0.717, 1.165) is 38.5 Å². The zero-order chi connectivity index (χ0) is 45.3. The number of unbranched alkanes of at least 4 members (excludes halogenated alkanes) is 31. The summed E-state index contributed by atoms with van der Waals surface area (Å²) in [6.45, 7) is 3.85. The minimum Gasteiger partial charge on any atom is -0.479 e. The van der Waals surface area contributed by atoms with E-state index in [0.29, 0.717) is 12.8 Å². The highest BCUT2D eigenvalue weighted by Gasteiger charge is 2.47. The molecular weight excluding hydrogens is 789 g/mol. The minimum absolute atomic E-state index is 0.189. The molecule has 1 aliphatic heterocycles. The van der Waals surface area contributed by atoms with Crippen LogP contribution in [0.2, 0.25) is 0 Å². The van der Waals surface area contributed by atoms with Crippen LogP contribution < -0.4 is 0 Å². The molecule has 0 bridgehead atoms. The van der Waals surface area contributed by atoms with Crippen LogP contribution in [0.1, 0.15) is 245 Å². The van der Waals surface area contributed by atoms with Gasteiger partial charge in [-0.2, -0.15) is 0 Å². The topological polar surface area (TPSA) is 169 Å². The molecule has 11 nitrogen and oxygen atoms in total. The number of carbonyl (C=O) groups excluding carboxylic acids is 2. The predicted octanol–water partition coefficient (Wildman–Crippen LogP) is 12.0. The van der Waals surface area contributed by atoms with Crippen LogP contribution in [-0.4, -0.2) is 88.4 Å². The third kappa shape index (κ3) is 32.6. The fourth-order valence-electron chi connectivity index (χ4n) is 8.05. The van der Waals surface area contributed by atoms with Crippen molar-refractivity contribution in [3.8, 4) is 0 Å². The maximum Gasteiger partial charge on any atom is 0.335 e. The Bertz CT molecular complexity index is 1080. The Hall–Kier alpha value is -2.05. The number of carboxylic acid groups (broad SMARTS) is 1. The van der Waals surface area contributed by atoms with E-state index in [1.807, 2.05) is 0 Å².